The van der Waals surface area contributed by atoms with E-state index in [0.29, 0.717) is 0 Å². The molecule has 1 nitrogen and oxygen atoms in total. The van der Waals surface area contributed by atoms with Crippen LogP contribution in [0.5, 0.6) is 0 Å². The average Bonchev–Trinajstić information content (AvgIpc) is 2.11. The third-order valence-corrected chi connectivity index (χ3v) is 1.91. The second kappa shape index (κ2) is 4.51. The van der Waals surface area contributed by atoms with E-state index in [1.165, 1.54) is 16.7 Å². The van der Waals surface area contributed by atoms with Gasteiger partial charge in [0.15, 0.2) is 0 Å². The molecular formula is C12H15N. The van der Waals surface area contributed by atoms with E-state index in [2.05, 4.69) is 43.9 Å². The third-order valence-electron chi connectivity index (χ3n) is 1.91. The van der Waals surface area contributed by atoms with Gasteiger partial charge < -0.3 is 5.32 Å². The van der Waals surface area contributed by atoms with Gasteiger partial charge in [-0.05, 0) is 37.3 Å². The van der Waals surface area contributed by atoms with Gasteiger partial charge in [-0.15, -0.1) is 0 Å². The fourth-order valence-corrected chi connectivity index (χ4v) is 1.15. The Hall–Kier alpha value is -1.50. The van der Waals surface area contributed by atoms with Crippen LogP contribution < -0.4 is 5.32 Å². The Kier molecular flexibility index (Phi) is 3.32. The predicted octanol–water partition coefficient (Wildman–Crippen LogP) is 3.01. The summed E-state index contributed by atoms with van der Waals surface area (Å²) in [5.41, 5.74) is 3.81. The Balaban J connectivity index is 2.86. The molecule has 1 heteroatoms. The van der Waals surface area contributed by atoms with Crippen molar-refractivity contribution >= 4 is 6.08 Å². The predicted molar refractivity (Wildman–Crippen MR) is 58.3 cm³/mol. The topological polar surface area (TPSA) is 12.0 Å². The van der Waals surface area contributed by atoms with E-state index in [4.69, 9.17) is 0 Å². The molecule has 0 aromatic heterocycles. The summed E-state index contributed by atoms with van der Waals surface area (Å²) in [7, 11) is 0. The summed E-state index contributed by atoms with van der Waals surface area (Å²) in [6, 6.07) is 6.41. The van der Waals surface area contributed by atoms with E-state index in [9.17, 15) is 0 Å². The molecule has 1 aromatic carbocycles. The molecule has 0 spiro atoms. The normalized spacial score (nSPS) is 10.3. The van der Waals surface area contributed by atoms with Gasteiger partial charge in [0.1, 0.15) is 0 Å². The zero-order chi connectivity index (χ0) is 9.68. The standard InChI is InChI=1S/C12H15N/c1-4-13-8-7-12-9-10(2)5-6-11(12)3/h4-9,13H,1H2,2-3H3/b8-7-. The van der Waals surface area contributed by atoms with Crippen LogP contribution in [0, 0.1) is 13.8 Å². The van der Waals surface area contributed by atoms with Crippen molar-refractivity contribution in [3.8, 4) is 0 Å². The van der Waals surface area contributed by atoms with Crippen LogP contribution in [0.2, 0.25) is 0 Å². The van der Waals surface area contributed by atoms with E-state index in [-0.39, 0.29) is 0 Å². The zero-order valence-electron chi connectivity index (χ0n) is 8.17. The van der Waals surface area contributed by atoms with Crippen LogP contribution in [0.25, 0.3) is 6.08 Å². The van der Waals surface area contributed by atoms with Crippen molar-refractivity contribution in [3.05, 3.63) is 53.9 Å². The first-order valence-electron chi connectivity index (χ1n) is 4.35. The largest absolute Gasteiger partial charge is 0.368 e. The molecule has 0 radical (unpaired) electrons. The lowest BCUT2D eigenvalue weighted by Gasteiger charge is -2.01. The summed E-state index contributed by atoms with van der Waals surface area (Å²) in [5, 5.41) is 2.93. The van der Waals surface area contributed by atoms with Crippen LogP contribution in [0.4, 0.5) is 0 Å². The van der Waals surface area contributed by atoms with E-state index < -0.39 is 0 Å². The van der Waals surface area contributed by atoms with Gasteiger partial charge in [-0.1, -0.05) is 30.3 Å². The van der Waals surface area contributed by atoms with Crippen molar-refractivity contribution in [1.29, 1.82) is 0 Å². The van der Waals surface area contributed by atoms with Crippen LogP contribution in [-0.4, -0.2) is 0 Å². The fraction of sp³-hybridized carbons (Fsp3) is 0.167. The summed E-state index contributed by atoms with van der Waals surface area (Å²) in [6.45, 7) is 7.77. The third kappa shape index (κ3) is 2.79. The maximum atomic E-state index is 3.57. The highest BCUT2D eigenvalue weighted by molar-refractivity contribution is 5.54. The van der Waals surface area contributed by atoms with Crippen LogP contribution in [0.15, 0.2) is 37.2 Å². The van der Waals surface area contributed by atoms with Gasteiger partial charge in [0.05, 0.1) is 0 Å². The van der Waals surface area contributed by atoms with Gasteiger partial charge in [0, 0.05) is 6.20 Å². The Morgan fingerprint density at radius 3 is 2.77 bits per heavy atom. The first-order valence-corrected chi connectivity index (χ1v) is 4.35. The number of benzene rings is 1. The lowest BCUT2D eigenvalue weighted by atomic mass is 10.1. The minimum Gasteiger partial charge on any atom is -0.368 e. The van der Waals surface area contributed by atoms with Gasteiger partial charge >= 0.3 is 0 Å². The van der Waals surface area contributed by atoms with Gasteiger partial charge in [-0.25, -0.2) is 0 Å². The van der Waals surface area contributed by atoms with Crippen molar-refractivity contribution in [1.82, 2.24) is 5.32 Å². The summed E-state index contributed by atoms with van der Waals surface area (Å²) >= 11 is 0. The second-order valence-electron chi connectivity index (χ2n) is 3.06. The molecule has 1 N–H and O–H groups in total. The zero-order valence-corrected chi connectivity index (χ0v) is 8.17. The minimum atomic E-state index is 1.24. The summed E-state index contributed by atoms with van der Waals surface area (Å²) in [4.78, 5) is 0. The van der Waals surface area contributed by atoms with Crippen molar-refractivity contribution in [2.45, 2.75) is 13.8 Å². The van der Waals surface area contributed by atoms with E-state index in [1.807, 2.05) is 12.3 Å². The quantitative estimate of drug-likeness (QED) is 0.741. The summed E-state index contributed by atoms with van der Waals surface area (Å²) in [5.74, 6) is 0. The van der Waals surface area contributed by atoms with Crippen molar-refractivity contribution in [2.75, 3.05) is 0 Å². The molecule has 0 unspecified atom stereocenters. The van der Waals surface area contributed by atoms with Crippen LogP contribution in [-0.2, 0) is 0 Å². The smallest absolute Gasteiger partial charge is 0.00103 e. The molecule has 0 fully saturated rings. The maximum Gasteiger partial charge on any atom is 0.00103 e. The molecule has 0 aliphatic rings. The van der Waals surface area contributed by atoms with Crippen molar-refractivity contribution < 1.29 is 0 Å². The highest BCUT2D eigenvalue weighted by Gasteiger charge is 1.92. The summed E-state index contributed by atoms with van der Waals surface area (Å²) < 4.78 is 0. The average molecular weight is 173 g/mol. The van der Waals surface area contributed by atoms with Crippen LogP contribution in [0.1, 0.15) is 16.7 Å². The van der Waals surface area contributed by atoms with Crippen molar-refractivity contribution in [2.24, 2.45) is 0 Å². The van der Waals surface area contributed by atoms with Crippen LogP contribution in [0.3, 0.4) is 0 Å². The highest BCUT2D eigenvalue weighted by Crippen LogP contribution is 2.11. The van der Waals surface area contributed by atoms with Crippen LogP contribution >= 0.6 is 0 Å². The molecule has 13 heavy (non-hydrogen) atoms. The van der Waals surface area contributed by atoms with E-state index in [0.717, 1.165) is 0 Å². The monoisotopic (exact) mass is 173 g/mol. The fourth-order valence-electron chi connectivity index (χ4n) is 1.15. The minimum absolute atomic E-state index is 1.24. The Bertz CT molecular complexity index is 324. The van der Waals surface area contributed by atoms with E-state index >= 15 is 0 Å². The molecule has 1 aromatic rings. The molecule has 0 aliphatic carbocycles. The molecule has 0 saturated carbocycles. The number of aryl methyl sites for hydroxylation is 2. The Morgan fingerprint density at radius 2 is 2.08 bits per heavy atom. The molecule has 0 aliphatic heterocycles. The molecule has 0 heterocycles. The highest BCUT2D eigenvalue weighted by atomic mass is 14.8. The number of rotatable bonds is 3. The van der Waals surface area contributed by atoms with Gasteiger partial charge in [0.2, 0.25) is 0 Å². The maximum absolute atomic E-state index is 3.57. The number of hydrogen-bond acceptors (Lipinski definition) is 1. The molecule has 0 saturated heterocycles. The van der Waals surface area contributed by atoms with Gasteiger partial charge in [0.25, 0.3) is 0 Å². The summed E-state index contributed by atoms with van der Waals surface area (Å²) in [6.07, 6.45) is 5.58. The first-order chi connectivity index (χ1) is 6.24. The Labute approximate surface area is 79.8 Å². The molecule has 0 bridgehead atoms. The van der Waals surface area contributed by atoms with Gasteiger partial charge in [-0.2, -0.15) is 0 Å². The molecule has 0 atom stereocenters. The lowest BCUT2D eigenvalue weighted by molar-refractivity contribution is 1.21. The molecular weight excluding hydrogens is 158 g/mol. The first kappa shape index (κ1) is 9.59. The SMILES string of the molecule is C=CN/C=C\c1cc(C)ccc1C. The second-order valence-corrected chi connectivity index (χ2v) is 3.06. The van der Waals surface area contributed by atoms with Gasteiger partial charge in [-0.3, -0.25) is 0 Å². The number of hydrogen-bond donors (Lipinski definition) is 1. The van der Waals surface area contributed by atoms with Crippen molar-refractivity contribution in [3.63, 3.8) is 0 Å². The molecule has 0 amide bonds. The Morgan fingerprint density at radius 1 is 1.31 bits per heavy atom. The molecule has 68 valence electrons. The number of nitrogens with one attached hydrogen (secondary N) is 1. The molecule has 1 rings (SSSR count). The van der Waals surface area contributed by atoms with E-state index in [1.54, 1.807) is 6.20 Å². The lowest BCUT2D eigenvalue weighted by Crippen LogP contribution is -1.90.